The molecule has 1 saturated heterocycles. The summed E-state index contributed by atoms with van der Waals surface area (Å²) in [6.07, 6.45) is 8.08. The highest BCUT2D eigenvalue weighted by Gasteiger charge is 2.41. The molecule has 3 nitrogen and oxygen atoms in total. The number of hydrogen-bond donors (Lipinski definition) is 0. The molecule has 1 heterocycles. The zero-order valence-electron chi connectivity index (χ0n) is 13.7. The summed E-state index contributed by atoms with van der Waals surface area (Å²) in [6, 6.07) is 18.9. The topological polar surface area (TPSA) is 27.7 Å². The van der Waals surface area contributed by atoms with Gasteiger partial charge in [0.05, 0.1) is 6.61 Å². The Morgan fingerprint density at radius 2 is 1.58 bits per heavy atom. The highest BCUT2D eigenvalue weighted by molar-refractivity contribution is 5.65. The highest BCUT2D eigenvalue weighted by atomic mass is 17.2. The molecule has 0 radical (unpaired) electrons. The molecule has 2 aliphatic rings. The van der Waals surface area contributed by atoms with Gasteiger partial charge < -0.3 is 4.74 Å². The summed E-state index contributed by atoms with van der Waals surface area (Å²) >= 11 is 0. The fourth-order valence-electron chi connectivity index (χ4n) is 3.30. The lowest BCUT2D eigenvalue weighted by atomic mass is 10.0. The average molecular weight is 322 g/mol. The quantitative estimate of drug-likeness (QED) is 0.746. The predicted molar refractivity (Wildman–Crippen MR) is 94.0 cm³/mol. The second kappa shape index (κ2) is 6.89. The van der Waals surface area contributed by atoms with Gasteiger partial charge in [-0.1, -0.05) is 60.7 Å². The van der Waals surface area contributed by atoms with Crippen molar-refractivity contribution in [2.75, 3.05) is 6.61 Å². The maximum Gasteiger partial charge on any atom is 0.201 e. The molecule has 2 fully saturated rings. The van der Waals surface area contributed by atoms with E-state index in [-0.39, 0.29) is 6.10 Å². The van der Waals surface area contributed by atoms with E-state index in [1.807, 2.05) is 12.1 Å². The van der Waals surface area contributed by atoms with Gasteiger partial charge in [-0.2, -0.15) is 0 Å². The van der Waals surface area contributed by atoms with Crippen LogP contribution in [0.15, 0.2) is 60.7 Å². The van der Waals surface area contributed by atoms with Crippen molar-refractivity contribution in [1.82, 2.24) is 0 Å². The van der Waals surface area contributed by atoms with Crippen LogP contribution in [0.4, 0.5) is 0 Å². The van der Waals surface area contributed by atoms with Gasteiger partial charge in [0.1, 0.15) is 6.10 Å². The van der Waals surface area contributed by atoms with E-state index in [0.717, 1.165) is 31.2 Å². The zero-order chi connectivity index (χ0) is 16.2. The summed E-state index contributed by atoms with van der Waals surface area (Å²) in [5.41, 5.74) is 3.59. The first kappa shape index (κ1) is 15.6. The van der Waals surface area contributed by atoms with E-state index in [4.69, 9.17) is 14.5 Å². The van der Waals surface area contributed by atoms with Crippen molar-refractivity contribution in [2.45, 2.75) is 37.6 Å². The van der Waals surface area contributed by atoms with Gasteiger partial charge in [-0.15, -0.1) is 0 Å². The molecular formula is C21H22O3. The first-order chi connectivity index (χ1) is 11.8. The third kappa shape index (κ3) is 3.44. The lowest BCUT2D eigenvalue weighted by molar-refractivity contribution is -0.477. The Labute approximate surface area is 142 Å². The number of ether oxygens (including phenoxy) is 1. The van der Waals surface area contributed by atoms with Crippen molar-refractivity contribution in [2.24, 2.45) is 0 Å². The van der Waals surface area contributed by atoms with Gasteiger partial charge in [-0.3, -0.25) is 0 Å². The van der Waals surface area contributed by atoms with Crippen LogP contribution in [0.2, 0.25) is 0 Å². The summed E-state index contributed by atoms with van der Waals surface area (Å²) in [4.78, 5) is 11.0. The van der Waals surface area contributed by atoms with Gasteiger partial charge >= 0.3 is 0 Å². The summed E-state index contributed by atoms with van der Waals surface area (Å²) < 4.78 is 5.91. The molecular weight excluding hydrogens is 300 g/mol. The molecule has 4 rings (SSSR count). The molecule has 3 heteroatoms. The SMILES string of the molecule is C(=CC1COC2(CCCC2)OO1)c1ccc(-c2ccccc2)cc1. The van der Waals surface area contributed by atoms with Gasteiger partial charge in [-0.05, 0) is 35.6 Å². The molecule has 1 aliphatic heterocycles. The Hall–Kier alpha value is -1.94. The maximum absolute atomic E-state index is 5.91. The average Bonchev–Trinajstić information content (AvgIpc) is 3.11. The van der Waals surface area contributed by atoms with Crippen molar-refractivity contribution in [3.8, 4) is 11.1 Å². The number of rotatable bonds is 3. The third-order valence-corrected chi connectivity index (χ3v) is 4.72. The van der Waals surface area contributed by atoms with Crippen LogP contribution in [0.3, 0.4) is 0 Å². The molecule has 1 aliphatic carbocycles. The lowest BCUT2D eigenvalue weighted by Gasteiger charge is -2.34. The van der Waals surface area contributed by atoms with E-state index >= 15 is 0 Å². The van der Waals surface area contributed by atoms with Crippen LogP contribution in [0.25, 0.3) is 17.2 Å². The molecule has 1 unspecified atom stereocenters. The first-order valence-electron chi connectivity index (χ1n) is 8.65. The molecule has 1 spiro atoms. The molecule has 0 amide bonds. The normalized spacial score (nSPS) is 23.1. The van der Waals surface area contributed by atoms with E-state index in [1.54, 1.807) is 0 Å². The monoisotopic (exact) mass is 322 g/mol. The van der Waals surface area contributed by atoms with Gasteiger partial charge in [0, 0.05) is 12.8 Å². The van der Waals surface area contributed by atoms with Crippen LogP contribution in [0, 0.1) is 0 Å². The Kier molecular flexibility index (Phi) is 4.48. The molecule has 1 atom stereocenters. The minimum atomic E-state index is -0.471. The molecule has 0 N–H and O–H groups in total. The van der Waals surface area contributed by atoms with Crippen molar-refractivity contribution < 1.29 is 14.5 Å². The highest BCUT2D eigenvalue weighted by Crippen LogP contribution is 2.37. The number of hydrogen-bond acceptors (Lipinski definition) is 3. The van der Waals surface area contributed by atoms with Crippen LogP contribution < -0.4 is 0 Å². The smallest absolute Gasteiger partial charge is 0.201 e. The van der Waals surface area contributed by atoms with Crippen molar-refractivity contribution >= 4 is 6.08 Å². The van der Waals surface area contributed by atoms with E-state index in [9.17, 15) is 0 Å². The summed E-state index contributed by atoms with van der Waals surface area (Å²) in [5, 5.41) is 0. The van der Waals surface area contributed by atoms with Crippen molar-refractivity contribution in [3.05, 3.63) is 66.2 Å². The van der Waals surface area contributed by atoms with Gasteiger partial charge in [-0.25, -0.2) is 9.78 Å². The predicted octanol–water partition coefficient (Wildman–Crippen LogP) is 4.98. The van der Waals surface area contributed by atoms with Crippen LogP contribution in [-0.4, -0.2) is 18.5 Å². The fraction of sp³-hybridized carbons (Fsp3) is 0.333. The molecule has 2 aromatic carbocycles. The lowest BCUT2D eigenvalue weighted by Crippen LogP contribution is -2.42. The Bertz CT molecular complexity index is 675. The minimum Gasteiger partial charge on any atom is -0.344 e. The van der Waals surface area contributed by atoms with Crippen LogP contribution >= 0.6 is 0 Å². The Balaban J connectivity index is 1.36. The third-order valence-electron chi connectivity index (χ3n) is 4.72. The maximum atomic E-state index is 5.91. The molecule has 1 saturated carbocycles. The molecule has 0 bridgehead atoms. The van der Waals surface area contributed by atoms with Gasteiger partial charge in [0.15, 0.2) is 0 Å². The largest absolute Gasteiger partial charge is 0.344 e. The Morgan fingerprint density at radius 1 is 0.875 bits per heavy atom. The Morgan fingerprint density at radius 3 is 2.25 bits per heavy atom. The van der Waals surface area contributed by atoms with E-state index < -0.39 is 5.79 Å². The minimum absolute atomic E-state index is 0.148. The number of benzene rings is 2. The fourth-order valence-corrected chi connectivity index (χ4v) is 3.30. The first-order valence-corrected chi connectivity index (χ1v) is 8.65. The summed E-state index contributed by atoms with van der Waals surface area (Å²) in [6.45, 7) is 0.554. The summed E-state index contributed by atoms with van der Waals surface area (Å²) in [7, 11) is 0. The second-order valence-electron chi connectivity index (χ2n) is 6.49. The van der Waals surface area contributed by atoms with Crippen LogP contribution in [0.1, 0.15) is 31.2 Å². The van der Waals surface area contributed by atoms with Crippen LogP contribution in [-0.2, 0) is 14.5 Å². The van der Waals surface area contributed by atoms with Gasteiger partial charge in [0.25, 0.3) is 0 Å². The molecule has 0 aromatic heterocycles. The van der Waals surface area contributed by atoms with E-state index in [0.29, 0.717) is 6.61 Å². The van der Waals surface area contributed by atoms with Crippen LogP contribution in [0.5, 0.6) is 0 Å². The van der Waals surface area contributed by atoms with Gasteiger partial charge in [0.2, 0.25) is 5.79 Å². The second-order valence-corrected chi connectivity index (χ2v) is 6.49. The standard InChI is InChI=1S/C21H22O3/c1-2-6-18(7-3-1)19-11-8-17(9-12-19)10-13-20-16-22-21(24-23-20)14-4-5-15-21/h1-3,6-13,20H,4-5,14-16H2. The zero-order valence-corrected chi connectivity index (χ0v) is 13.7. The van der Waals surface area contributed by atoms with Crippen molar-refractivity contribution in [3.63, 3.8) is 0 Å². The summed E-state index contributed by atoms with van der Waals surface area (Å²) in [5.74, 6) is -0.471. The van der Waals surface area contributed by atoms with E-state index in [2.05, 4.69) is 54.6 Å². The van der Waals surface area contributed by atoms with E-state index in [1.165, 1.54) is 11.1 Å². The molecule has 2 aromatic rings. The molecule has 24 heavy (non-hydrogen) atoms. The van der Waals surface area contributed by atoms with Crippen molar-refractivity contribution in [1.29, 1.82) is 0 Å². The molecule has 124 valence electrons.